The van der Waals surface area contributed by atoms with E-state index in [1.807, 2.05) is 132 Å². The highest BCUT2D eigenvalue weighted by atomic mass is 16.5. The van der Waals surface area contributed by atoms with E-state index in [1.165, 1.54) is 16.8 Å². The molecule has 1 amide bonds. The van der Waals surface area contributed by atoms with Gasteiger partial charge in [0.05, 0.1) is 83.1 Å². The van der Waals surface area contributed by atoms with Gasteiger partial charge in [0.15, 0.2) is 5.78 Å². The quantitative estimate of drug-likeness (QED) is 0.0856. The van der Waals surface area contributed by atoms with Crippen LogP contribution >= 0.6 is 0 Å². The zero-order valence-corrected chi connectivity index (χ0v) is 60.7. The normalized spacial score (nSPS) is 17.8. The zero-order valence-electron chi connectivity index (χ0n) is 60.7. The minimum absolute atomic E-state index is 0.0433. The Morgan fingerprint density at radius 3 is 1.28 bits per heavy atom. The van der Waals surface area contributed by atoms with E-state index in [4.69, 9.17) is 24.1 Å². The number of carbonyl (C=O) groups is 7. The Morgan fingerprint density at radius 1 is 0.495 bits per heavy atom. The molecule has 23 nitrogen and oxygen atoms in total. The summed E-state index contributed by atoms with van der Waals surface area (Å²) in [6.45, 7) is 45.2. The molecule has 0 bridgehead atoms. The lowest BCUT2D eigenvalue weighted by Gasteiger charge is -2.37. The lowest BCUT2D eigenvalue weighted by atomic mass is 9.96. The molecule has 2 aromatic rings. The first-order valence-electron chi connectivity index (χ1n) is 34.4. The highest BCUT2D eigenvalue weighted by Crippen LogP contribution is 2.25. The Balaban J connectivity index is 0.00000104. The maximum atomic E-state index is 12.1. The lowest BCUT2D eigenvalue weighted by Crippen LogP contribution is -2.47. The van der Waals surface area contributed by atoms with Crippen molar-refractivity contribution in [2.75, 3.05) is 160 Å². The maximum Gasteiger partial charge on any atom is 0.330 e. The highest BCUT2D eigenvalue weighted by molar-refractivity contribution is 5.87. The van der Waals surface area contributed by atoms with Crippen molar-refractivity contribution in [3.63, 3.8) is 0 Å². The van der Waals surface area contributed by atoms with Crippen LogP contribution in [0, 0.1) is 29.6 Å². The fraction of sp³-hybridized carbons (Fsp3) is 0.729. The molecule has 3 N–H and O–H groups in total. The number of amides is 1. The number of rotatable bonds is 16. The largest absolute Gasteiger partial charge is 0.481 e. The number of nitrogens with one attached hydrogen (secondary N) is 2. The van der Waals surface area contributed by atoms with Gasteiger partial charge in [0, 0.05) is 110 Å². The van der Waals surface area contributed by atoms with E-state index in [0.29, 0.717) is 114 Å². The summed E-state index contributed by atoms with van der Waals surface area (Å²) in [5.74, 6) is 2.18. The van der Waals surface area contributed by atoms with Gasteiger partial charge in [0.25, 0.3) is 0 Å². The smallest absolute Gasteiger partial charge is 0.330 e. The monoisotopic (exact) mass is 1310 g/mol. The molecule has 0 aromatic carbocycles. The van der Waals surface area contributed by atoms with Crippen LogP contribution < -0.4 is 10.6 Å². The van der Waals surface area contributed by atoms with Crippen LogP contribution in [0.5, 0.6) is 0 Å². The van der Waals surface area contributed by atoms with E-state index >= 15 is 0 Å². The molecule has 0 aliphatic carbocycles. The Bertz CT molecular complexity index is 2340. The van der Waals surface area contributed by atoms with Gasteiger partial charge in [-0.25, -0.2) is 4.79 Å². The van der Waals surface area contributed by atoms with Gasteiger partial charge in [-0.05, 0) is 141 Å². The molecule has 0 spiro atoms. The molecule has 7 fully saturated rings. The predicted molar refractivity (Wildman–Crippen MR) is 369 cm³/mol. The molecule has 9 aliphatic heterocycles. The molecule has 11 heterocycles. The number of pyridine rings is 2. The number of carboxylic acids is 1. The standard InChI is InChI=1S/C13H17N3O.C9H17NO2.C8H15NO2.C8H13NO2.C7H8N2.C7H13NO2.C6H11NO2.C4H7NO.4C2H6/c1-15-6-10(7-15)5-13(17)16-8-11-3-2-4-14-12(11)9-16;1-3-10-6-8(7-10)5-9(11)12-4-2;2*1-3-11-8(10)4-7-5-9(2)6-7;1-2-6-4-8-5-7(6)9-3-1;1-2-10-7(9)3-6-4-8-5-6;1-7-3-5(4-7)2-6(8)9;1-5-2-4(6)3-5;4*1-2/h2-4,10H,5-9H2,1H3;8H,3-7H2,1-2H3;7H,3-6H2,1-2H3;4H,3,5-6H2,1-2H3;1-3,8H,4-5H2;6,8H,2-5H2,1H3;5H,2-4H2,1H3,(H,8,9);2-3H2,1H3;4*1-2H3. The number of hydrogen-bond donors (Lipinski definition) is 3. The highest BCUT2D eigenvalue weighted by Gasteiger charge is 2.31. The van der Waals surface area contributed by atoms with Crippen molar-refractivity contribution in [2.45, 2.75) is 148 Å². The van der Waals surface area contributed by atoms with Crippen molar-refractivity contribution in [3.05, 3.63) is 70.8 Å². The molecule has 2 aromatic heterocycles. The van der Waals surface area contributed by atoms with Crippen LogP contribution in [-0.2, 0) is 78.7 Å². The van der Waals surface area contributed by atoms with Crippen molar-refractivity contribution in [1.29, 1.82) is 0 Å². The summed E-state index contributed by atoms with van der Waals surface area (Å²) >= 11 is 0. The van der Waals surface area contributed by atoms with Crippen LogP contribution in [0.4, 0.5) is 0 Å². The summed E-state index contributed by atoms with van der Waals surface area (Å²) in [4.78, 5) is 99.2. The van der Waals surface area contributed by atoms with Crippen LogP contribution in [0.15, 0.2) is 48.3 Å². The second-order valence-electron chi connectivity index (χ2n) is 23.3. The molecule has 11 rings (SSSR count). The minimum atomic E-state index is -0.673. The minimum Gasteiger partial charge on any atom is -0.481 e. The van der Waals surface area contributed by atoms with Gasteiger partial charge in [-0.2, -0.15) is 0 Å². The molecular formula is C70H125N11O12. The molecule has 23 heteroatoms. The number of carbonyl (C=O) groups excluding carboxylic acids is 6. The van der Waals surface area contributed by atoms with E-state index in [1.54, 1.807) is 12.3 Å². The first kappa shape index (κ1) is 87.2. The Hall–Kier alpha value is -5.79. The van der Waals surface area contributed by atoms with Gasteiger partial charge in [-0.1, -0.05) is 74.4 Å². The summed E-state index contributed by atoms with van der Waals surface area (Å²) in [5.41, 5.74) is 5.97. The number of hydrogen-bond acceptors (Lipinski definition) is 21. The van der Waals surface area contributed by atoms with Crippen molar-refractivity contribution in [2.24, 2.45) is 29.6 Å². The third kappa shape index (κ3) is 38.4. The summed E-state index contributed by atoms with van der Waals surface area (Å²) in [6, 6.07) is 8.09. The first-order valence-corrected chi connectivity index (χ1v) is 34.4. The van der Waals surface area contributed by atoms with E-state index in [9.17, 15) is 33.6 Å². The number of aliphatic carboxylic acids is 1. The van der Waals surface area contributed by atoms with Gasteiger partial charge < -0.3 is 59.2 Å². The molecule has 9 aliphatic rings. The fourth-order valence-electron chi connectivity index (χ4n) is 10.5. The predicted octanol–water partition coefficient (Wildman–Crippen LogP) is 7.16. The molecule has 7 saturated heterocycles. The second kappa shape index (κ2) is 52.5. The molecule has 0 unspecified atom stereocenters. The third-order valence-electron chi connectivity index (χ3n) is 15.1. The lowest BCUT2D eigenvalue weighted by molar-refractivity contribution is -0.146. The number of fused-ring (bicyclic) bond motifs is 2. The molecule has 0 saturated carbocycles. The van der Waals surface area contributed by atoms with E-state index < -0.39 is 5.97 Å². The molecular weight excluding hydrogens is 1190 g/mol. The number of ketones is 1. The van der Waals surface area contributed by atoms with Gasteiger partial charge in [-0.3, -0.25) is 48.5 Å². The van der Waals surface area contributed by atoms with Gasteiger partial charge in [0.1, 0.15) is 0 Å². The van der Waals surface area contributed by atoms with Crippen LogP contribution in [0.3, 0.4) is 0 Å². The summed E-state index contributed by atoms with van der Waals surface area (Å²) < 4.78 is 19.2. The number of nitrogens with zero attached hydrogens (tertiary/aromatic N) is 9. The van der Waals surface area contributed by atoms with Gasteiger partial charge in [0.2, 0.25) is 5.91 Å². The zero-order chi connectivity index (χ0) is 70.3. The number of Topliss-reactive ketones (excluding diaryl/α,β-unsaturated/α-hetero) is 1. The Labute approximate surface area is 560 Å². The SMILES string of the molecule is CC.CC.CC.CC.CCOC(=O)C=C1CN(C)C1.CCOC(=O)CC1CN(C)C1.CCOC(=O)CC1CN(CC)C1.CCOC(=O)CC1CNC1.CN1CC(=O)C1.CN1CC(CC(=O)N2Cc3cccnc3C2)C1.CN1CC(CC(=O)O)C1.c1cnc2c(c1)CNC2. The molecule has 532 valence electrons. The average Bonchev–Trinajstić information content (AvgIpc) is 1.74. The Kier molecular flexibility index (Phi) is 49.2. The van der Waals surface area contributed by atoms with Crippen LogP contribution in [0.25, 0.3) is 0 Å². The van der Waals surface area contributed by atoms with Crippen molar-refractivity contribution >= 4 is 41.5 Å². The number of likely N-dealkylation sites (tertiary alicyclic amines) is 6. The van der Waals surface area contributed by atoms with Crippen LogP contribution in [0.1, 0.15) is 145 Å². The van der Waals surface area contributed by atoms with Crippen LogP contribution in [-0.4, -0.2) is 251 Å². The summed E-state index contributed by atoms with van der Waals surface area (Å²) in [6.07, 6.45) is 8.04. The molecule has 93 heavy (non-hydrogen) atoms. The average molecular weight is 1310 g/mol. The number of esters is 4. The van der Waals surface area contributed by atoms with E-state index in [0.717, 1.165) is 116 Å². The van der Waals surface area contributed by atoms with Crippen molar-refractivity contribution in [3.8, 4) is 0 Å². The number of carboxylic acid groups (broad SMARTS) is 1. The molecule has 0 atom stereocenters. The fourth-order valence-corrected chi connectivity index (χ4v) is 10.5. The van der Waals surface area contributed by atoms with Crippen molar-refractivity contribution in [1.82, 2.24) is 54.9 Å². The Morgan fingerprint density at radius 2 is 0.914 bits per heavy atom. The maximum absolute atomic E-state index is 12.1. The van der Waals surface area contributed by atoms with E-state index in [-0.39, 0.29) is 29.8 Å². The number of aromatic nitrogens is 2. The molecule has 0 radical (unpaired) electrons. The second-order valence-corrected chi connectivity index (χ2v) is 23.3. The van der Waals surface area contributed by atoms with Crippen LogP contribution in [0.2, 0.25) is 0 Å². The van der Waals surface area contributed by atoms with Gasteiger partial charge >= 0.3 is 29.8 Å². The topological polar surface area (TPSA) is 249 Å². The number of likely N-dealkylation sites (N-methyl/N-ethyl adjacent to an activating group) is 2. The third-order valence-corrected chi connectivity index (χ3v) is 15.1. The summed E-state index contributed by atoms with van der Waals surface area (Å²) in [5, 5.41) is 14.6. The number of ether oxygens (including phenoxy) is 4. The summed E-state index contributed by atoms with van der Waals surface area (Å²) in [7, 11) is 10.1. The van der Waals surface area contributed by atoms with E-state index in [2.05, 4.69) is 78.3 Å². The van der Waals surface area contributed by atoms with Crippen molar-refractivity contribution < 1.29 is 57.6 Å². The van der Waals surface area contributed by atoms with Gasteiger partial charge in [-0.15, -0.1) is 0 Å². The first-order chi connectivity index (χ1) is 44.7.